The zero-order chi connectivity index (χ0) is 16.4. The molecule has 2 heterocycles. The molecule has 1 aromatic rings. The molecular weight excluding hydrogens is 314 g/mol. The van der Waals surface area contributed by atoms with E-state index < -0.39 is 0 Å². The number of carbonyl (C=O) groups excluding carboxylic acids is 2. The summed E-state index contributed by atoms with van der Waals surface area (Å²) in [6.45, 7) is 5.26. The van der Waals surface area contributed by atoms with Gasteiger partial charge in [0.15, 0.2) is 0 Å². The van der Waals surface area contributed by atoms with Crippen LogP contribution in [0.4, 0.5) is 5.69 Å². The van der Waals surface area contributed by atoms with E-state index in [1.165, 1.54) is 0 Å². The smallest absolute Gasteiger partial charge is 0.245 e. The first-order valence-electron chi connectivity index (χ1n) is 8.13. The Morgan fingerprint density at radius 2 is 1.70 bits per heavy atom. The third kappa shape index (κ3) is 3.44. The normalized spacial score (nSPS) is 21.7. The maximum Gasteiger partial charge on any atom is 0.245 e. The summed E-state index contributed by atoms with van der Waals surface area (Å²) < 4.78 is 0. The Kier molecular flexibility index (Phi) is 4.76. The minimum Gasteiger partial charge on any atom is -0.368 e. The maximum absolute atomic E-state index is 12.7. The number of carbonyl (C=O) groups is 2. The third-order valence-electron chi connectivity index (χ3n) is 4.73. The fraction of sp³-hybridized carbons (Fsp3) is 0.529. The number of anilines is 1. The van der Waals surface area contributed by atoms with Crippen molar-refractivity contribution in [2.24, 2.45) is 0 Å². The quantitative estimate of drug-likeness (QED) is 0.830. The molecule has 0 aromatic heterocycles. The molecule has 0 unspecified atom stereocenters. The summed E-state index contributed by atoms with van der Waals surface area (Å²) in [7, 11) is 0. The van der Waals surface area contributed by atoms with Crippen LogP contribution in [0.3, 0.4) is 0 Å². The molecule has 0 N–H and O–H groups in total. The van der Waals surface area contributed by atoms with Gasteiger partial charge in [0.1, 0.15) is 6.04 Å². The van der Waals surface area contributed by atoms with E-state index in [1.807, 2.05) is 29.2 Å². The molecule has 5 nitrogen and oxygen atoms in total. The van der Waals surface area contributed by atoms with Crippen LogP contribution in [0, 0.1) is 0 Å². The number of halogens is 1. The monoisotopic (exact) mass is 335 g/mol. The zero-order valence-corrected chi connectivity index (χ0v) is 14.1. The average Bonchev–Trinajstić information content (AvgIpc) is 3.05. The van der Waals surface area contributed by atoms with Crippen LogP contribution in [-0.2, 0) is 9.59 Å². The van der Waals surface area contributed by atoms with Crippen LogP contribution in [0.1, 0.15) is 19.8 Å². The van der Waals surface area contributed by atoms with Crippen molar-refractivity contribution in [3.05, 3.63) is 29.3 Å². The number of likely N-dealkylation sites (tertiary alicyclic amines) is 1. The van der Waals surface area contributed by atoms with Crippen molar-refractivity contribution >= 4 is 29.1 Å². The molecule has 6 heteroatoms. The van der Waals surface area contributed by atoms with Crippen molar-refractivity contribution in [3.8, 4) is 0 Å². The molecule has 23 heavy (non-hydrogen) atoms. The predicted molar refractivity (Wildman–Crippen MR) is 90.7 cm³/mol. The lowest BCUT2D eigenvalue weighted by molar-refractivity contribution is -0.143. The van der Waals surface area contributed by atoms with Crippen LogP contribution < -0.4 is 4.90 Å². The summed E-state index contributed by atoms with van der Waals surface area (Å²) >= 11 is 5.92. The van der Waals surface area contributed by atoms with Crippen molar-refractivity contribution in [2.75, 3.05) is 37.6 Å². The van der Waals surface area contributed by atoms with Gasteiger partial charge in [0, 0.05) is 50.4 Å². The summed E-state index contributed by atoms with van der Waals surface area (Å²) in [5.41, 5.74) is 1.13. The minimum absolute atomic E-state index is 0.000602. The van der Waals surface area contributed by atoms with Gasteiger partial charge in [-0.3, -0.25) is 9.59 Å². The molecule has 2 fully saturated rings. The number of rotatable bonds is 2. The minimum atomic E-state index is -0.255. The second-order valence-corrected chi connectivity index (χ2v) is 6.60. The molecule has 0 saturated carbocycles. The van der Waals surface area contributed by atoms with Gasteiger partial charge < -0.3 is 14.7 Å². The van der Waals surface area contributed by atoms with Crippen LogP contribution in [0.2, 0.25) is 5.02 Å². The van der Waals surface area contributed by atoms with E-state index in [0.29, 0.717) is 19.6 Å². The first-order chi connectivity index (χ1) is 11.1. The van der Waals surface area contributed by atoms with Gasteiger partial charge in [0.25, 0.3) is 0 Å². The van der Waals surface area contributed by atoms with Crippen molar-refractivity contribution < 1.29 is 9.59 Å². The second-order valence-electron chi connectivity index (χ2n) is 6.16. The molecular formula is C17H22ClN3O2. The maximum atomic E-state index is 12.7. The lowest BCUT2D eigenvalue weighted by Crippen LogP contribution is -2.54. The Morgan fingerprint density at radius 1 is 1.04 bits per heavy atom. The highest BCUT2D eigenvalue weighted by atomic mass is 35.5. The molecule has 3 rings (SSSR count). The topological polar surface area (TPSA) is 43.9 Å². The van der Waals surface area contributed by atoms with Gasteiger partial charge in [-0.2, -0.15) is 0 Å². The molecule has 2 aliphatic heterocycles. The average molecular weight is 336 g/mol. The molecule has 1 aromatic carbocycles. The fourth-order valence-electron chi connectivity index (χ4n) is 3.45. The molecule has 124 valence electrons. The van der Waals surface area contributed by atoms with E-state index in [0.717, 1.165) is 36.6 Å². The highest BCUT2D eigenvalue weighted by Crippen LogP contribution is 2.22. The standard InChI is InChI=1S/C17H22ClN3O2/c1-13(22)21-8-2-3-16(21)17(23)20-11-9-19(10-12-20)15-6-4-14(18)5-7-15/h4-7,16H,2-3,8-12H2,1H3/t16-/m1/s1. The molecule has 0 bridgehead atoms. The van der Waals surface area contributed by atoms with Crippen LogP contribution >= 0.6 is 11.6 Å². The summed E-state index contributed by atoms with van der Waals surface area (Å²) in [5, 5.41) is 0.730. The Bertz CT molecular complexity index is 582. The van der Waals surface area contributed by atoms with Crippen LogP contribution in [0.15, 0.2) is 24.3 Å². The Hall–Kier alpha value is -1.75. The number of hydrogen-bond acceptors (Lipinski definition) is 3. The van der Waals surface area contributed by atoms with Gasteiger partial charge >= 0.3 is 0 Å². The number of amides is 2. The largest absolute Gasteiger partial charge is 0.368 e. The van der Waals surface area contributed by atoms with Crippen LogP contribution in [-0.4, -0.2) is 60.4 Å². The van der Waals surface area contributed by atoms with Gasteiger partial charge in [-0.05, 0) is 37.1 Å². The summed E-state index contributed by atoms with van der Waals surface area (Å²) in [6, 6.07) is 7.53. The first-order valence-corrected chi connectivity index (χ1v) is 8.50. The third-order valence-corrected chi connectivity index (χ3v) is 4.98. The fourth-order valence-corrected chi connectivity index (χ4v) is 3.57. The first kappa shape index (κ1) is 16.1. The van der Waals surface area contributed by atoms with Crippen molar-refractivity contribution in [3.63, 3.8) is 0 Å². The molecule has 2 aliphatic rings. The van der Waals surface area contributed by atoms with Gasteiger partial charge in [-0.15, -0.1) is 0 Å². The van der Waals surface area contributed by atoms with Crippen molar-refractivity contribution in [2.45, 2.75) is 25.8 Å². The zero-order valence-electron chi connectivity index (χ0n) is 13.4. The van der Waals surface area contributed by atoms with Crippen molar-refractivity contribution in [1.29, 1.82) is 0 Å². The Labute approximate surface area is 141 Å². The van der Waals surface area contributed by atoms with Crippen molar-refractivity contribution in [1.82, 2.24) is 9.80 Å². The van der Waals surface area contributed by atoms with Gasteiger partial charge in [-0.1, -0.05) is 11.6 Å². The molecule has 1 atom stereocenters. The van der Waals surface area contributed by atoms with Gasteiger partial charge in [-0.25, -0.2) is 0 Å². The SMILES string of the molecule is CC(=O)N1CCC[C@@H]1C(=O)N1CCN(c2ccc(Cl)cc2)CC1. The lowest BCUT2D eigenvalue weighted by atomic mass is 10.1. The van der Waals surface area contributed by atoms with Crippen LogP contribution in [0.5, 0.6) is 0 Å². The van der Waals surface area contributed by atoms with E-state index in [2.05, 4.69) is 4.90 Å². The van der Waals surface area contributed by atoms with E-state index in [1.54, 1.807) is 11.8 Å². The predicted octanol–water partition coefficient (Wildman–Crippen LogP) is 2.00. The number of benzene rings is 1. The number of hydrogen-bond donors (Lipinski definition) is 0. The van der Waals surface area contributed by atoms with Crippen LogP contribution in [0.25, 0.3) is 0 Å². The molecule has 0 spiro atoms. The Morgan fingerprint density at radius 3 is 2.30 bits per heavy atom. The summed E-state index contributed by atoms with van der Waals surface area (Å²) in [4.78, 5) is 30.2. The van der Waals surface area contributed by atoms with E-state index in [4.69, 9.17) is 11.6 Å². The van der Waals surface area contributed by atoms with E-state index >= 15 is 0 Å². The van der Waals surface area contributed by atoms with E-state index in [-0.39, 0.29) is 17.9 Å². The summed E-state index contributed by atoms with van der Waals surface area (Å²) in [6.07, 6.45) is 1.70. The van der Waals surface area contributed by atoms with Gasteiger partial charge in [0.2, 0.25) is 11.8 Å². The molecule has 0 aliphatic carbocycles. The molecule has 0 radical (unpaired) electrons. The lowest BCUT2D eigenvalue weighted by Gasteiger charge is -2.38. The highest BCUT2D eigenvalue weighted by molar-refractivity contribution is 6.30. The summed E-state index contributed by atoms with van der Waals surface area (Å²) in [5.74, 6) is 0.106. The Balaban J connectivity index is 1.59. The second kappa shape index (κ2) is 6.79. The molecule has 2 saturated heterocycles. The highest BCUT2D eigenvalue weighted by Gasteiger charge is 2.36. The van der Waals surface area contributed by atoms with E-state index in [9.17, 15) is 9.59 Å². The van der Waals surface area contributed by atoms with Gasteiger partial charge in [0.05, 0.1) is 0 Å². The molecule has 2 amide bonds. The number of nitrogens with zero attached hydrogens (tertiary/aromatic N) is 3. The number of piperazine rings is 1.